The molecule has 2 heterocycles. The van der Waals surface area contributed by atoms with Crippen molar-refractivity contribution in [3.63, 3.8) is 0 Å². The van der Waals surface area contributed by atoms with Crippen LogP contribution in [0.1, 0.15) is 12.0 Å². The number of benzene rings is 1. The first-order chi connectivity index (χ1) is 10.1. The highest BCUT2D eigenvalue weighted by Gasteiger charge is 2.27. The maximum atomic E-state index is 10.6. The first kappa shape index (κ1) is 13.2. The van der Waals surface area contributed by atoms with Gasteiger partial charge in [0.05, 0.1) is 10.6 Å². The summed E-state index contributed by atoms with van der Waals surface area (Å²) in [6.45, 7) is 0. The van der Waals surface area contributed by atoms with Gasteiger partial charge in [-0.15, -0.1) is 0 Å². The molecule has 1 N–H and O–H groups in total. The zero-order valence-electron chi connectivity index (χ0n) is 11.0. The lowest BCUT2D eigenvalue weighted by molar-refractivity contribution is -0.384. The molecule has 0 fully saturated rings. The fourth-order valence-corrected chi connectivity index (χ4v) is 2.14. The predicted molar refractivity (Wildman–Crippen MR) is 77.0 cm³/mol. The van der Waals surface area contributed by atoms with Crippen molar-refractivity contribution < 1.29 is 10.0 Å². The average molecular weight is 284 g/mol. The van der Waals surface area contributed by atoms with Crippen LogP contribution in [0, 0.1) is 10.1 Å². The van der Waals surface area contributed by atoms with Crippen LogP contribution in [0.4, 0.5) is 11.5 Å². The number of nitrogens with zero attached hydrogens (tertiary/aromatic N) is 4. The minimum absolute atomic E-state index is 0.0273. The van der Waals surface area contributed by atoms with E-state index in [0.29, 0.717) is 18.0 Å². The maximum absolute atomic E-state index is 10.6. The fourth-order valence-electron chi connectivity index (χ4n) is 2.14. The number of nitro groups is 1. The molecule has 1 aromatic carbocycles. The van der Waals surface area contributed by atoms with Crippen molar-refractivity contribution in [2.24, 2.45) is 5.10 Å². The molecule has 21 heavy (non-hydrogen) atoms. The Morgan fingerprint density at radius 2 is 2.00 bits per heavy atom. The molecule has 0 radical (unpaired) electrons. The molecule has 0 aliphatic carbocycles. The van der Waals surface area contributed by atoms with Crippen LogP contribution < -0.4 is 5.01 Å². The van der Waals surface area contributed by atoms with E-state index in [4.69, 9.17) is 0 Å². The lowest BCUT2D eigenvalue weighted by Gasteiger charge is -2.16. The van der Waals surface area contributed by atoms with Crippen LogP contribution in [-0.4, -0.2) is 27.0 Å². The summed E-state index contributed by atoms with van der Waals surface area (Å²) in [6, 6.07) is 11.5. The molecule has 7 nitrogen and oxygen atoms in total. The quantitative estimate of drug-likeness (QED) is 0.686. The number of hydrogen-bond acceptors (Lipinski definition) is 6. The molecule has 0 saturated heterocycles. The van der Waals surface area contributed by atoms with Crippen molar-refractivity contribution >= 4 is 17.2 Å². The fraction of sp³-hybridized carbons (Fsp3) is 0.143. The van der Waals surface area contributed by atoms with Gasteiger partial charge in [0.2, 0.25) is 0 Å². The van der Waals surface area contributed by atoms with Gasteiger partial charge in [-0.05, 0) is 29.8 Å². The minimum atomic E-state index is -0.787. The Morgan fingerprint density at radius 1 is 1.24 bits per heavy atom. The van der Waals surface area contributed by atoms with Crippen LogP contribution in [0.2, 0.25) is 0 Å². The molecule has 0 spiro atoms. The molecular formula is C14H12N4O3. The molecule has 7 heteroatoms. The van der Waals surface area contributed by atoms with Gasteiger partial charge in [-0.2, -0.15) is 5.10 Å². The second-order valence-electron chi connectivity index (χ2n) is 4.57. The van der Waals surface area contributed by atoms with E-state index < -0.39 is 11.2 Å². The highest BCUT2D eigenvalue weighted by Crippen LogP contribution is 2.24. The molecule has 3 rings (SSSR count). The van der Waals surface area contributed by atoms with Gasteiger partial charge in [-0.25, -0.2) is 9.99 Å². The summed E-state index contributed by atoms with van der Waals surface area (Å²) in [5, 5.41) is 26.5. The monoisotopic (exact) mass is 284 g/mol. The lowest BCUT2D eigenvalue weighted by atomic mass is 10.1. The Hall–Kier alpha value is -2.80. The van der Waals surface area contributed by atoms with E-state index in [-0.39, 0.29) is 5.69 Å². The first-order valence-electron chi connectivity index (χ1n) is 6.36. The molecule has 0 bridgehead atoms. The van der Waals surface area contributed by atoms with E-state index in [1.165, 1.54) is 17.1 Å². The molecule has 1 aromatic heterocycles. The summed E-state index contributed by atoms with van der Waals surface area (Å²) in [4.78, 5) is 14.3. The number of hydrazone groups is 1. The van der Waals surface area contributed by atoms with Gasteiger partial charge in [-0.1, -0.05) is 6.07 Å². The lowest BCUT2D eigenvalue weighted by Crippen LogP contribution is -2.26. The van der Waals surface area contributed by atoms with Crippen LogP contribution in [0.5, 0.6) is 0 Å². The summed E-state index contributed by atoms with van der Waals surface area (Å²) in [5.74, 6) is 0.557. The molecule has 1 unspecified atom stereocenters. The van der Waals surface area contributed by atoms with Crippen LogP contribution in [0.3, 0.4) is 0 Å². The number of anilines is 1. The van der Waals surface area contributed by atoms with Crippen molar-refractivity contribution in [1.29, 1.82) is 0 Å². The van der Waals surface area contributed by atoms with Gasteiger partial charge in [0.25, 0.3) is 5.69 Å². The number of aromatic nitrogens is 1. The van der Waals surface area contributed by atoms with Gasteiger partial charge in [0.1, 0.15) is 0 Å². The zero-order valence-corrected chi connectivity index (χ0v) is 11.0. The van der Waals surface area contributed by atoms with Gasteiger partial charge in [-0.3, -0.25) is 10.1 Å². The minimum Gasteiger partial charge on any atom is -0.371 e. The summed E-state index contributed by atoms with van der Waals surface area (Å²) in [6.07, 6.45) is 1.18. The van der Waals surface area contributed by atoms with Crippen molar-refractivity contribution in [2.45, 2.75) is 12.6 Å². The number of aliphatic hydroxyl groups excluding tert-OH is 1. The third-order valence-electron chi connectivity index (χ3n) is 3.18. The van der Waals surface area contributed by atoms with Crippen molar-refractivity contribution in [1.82, 2.24) is 4.98 Å². The number of non-ortho nitro benzene ring substituents is 1. The van der Waals surface area contributed by atoms with Crippen molar-refractivity contribution in [2.75, 3.05) is 5.01 Å². The molecule has 1 atom stereocenters. The van der Waals surface area contributed by atoms with Crippen LogP contribution >= 0.6 is 0 Å². The Kier molecular flexibility index (Phi) is 3.33. The number of pyridine rings is 1. The molecule has 1 aliphatic heterocycles. The van der Waals surface area contributed by atoms with Gasteiger partial charge in [0.15, 0.2) is 12.0 Å². The third kappa shape index (κ3) is 2.59. The Balaban J connectivity index is 1.88. The smallest absolute Gasteiger partial charge is 0.269 e. The third-order valence-corrected chi connectivity index (χ3v) is 3.18. The van der Waals surface area contributed by atoms with E-state index >= 15 is 0 Å². The van der Waals surface area contributed by atoms with Crippen LogP contribution in [0.25, 0.3) is 0 Å². The topological polar surface area (TPSA) is 91.9 Å². The normalized spacial score (nSPS) is 17.7. The number of hydrogen-bond donors (Lipinski definition) is 1. The number of nitro benzene ring substituents is 1. The number of rotatable bonds is 3. The highest BCUT2D eigenvalue weighted by atomic mass is 16.6. The van der Waals surface area contributed by atoms with E-state index in [0.717, 1.165) is 5.56 Å². The predicted octanol–water partition coefficient (Wildman–Crippen LogP) is 1.92. The Bertz CT molecular complexity index is 685. The van der Waals surface area contributed by atoms with Crippen molar-refractivity contribution in [3.8, 4) is 0 Å². The molecular weight excluding hydrogens is 272 g/mol. The summed E-state index contributed by atoms with van der Waals surface area (Å²) in [7, 11) is 0. The summed E-state index contributed by atoms with van der Waals surface area (Å²) in [5.41, 5.74) is 1.45. The molecule has 0 saturated carbocycles. The Labute approximate surface area is 120 Å². The highest BCUT2D eigenvalue weighted by molar-refractivity contribution is 6.03. The summed E-state index contributed by atoms with van der Waals surface area (Å²) < 4.78 is 0. The maximum Gasteiger partial charge on any atom is 0.269 e. The van der Waals surface area contributed by atoms with Crippen LogP contribution in [0.15, 0.2) is 53.8 Å². The number of aliphatic hydroxyl groups is 1. The van der Waals surface area contributed by atoms with Crippen LogP contribution in [-0.2, 0) is 0 Å². The average Bonchev–Trinajstić information content (AvgIpc) is 2.90. The van der Waals surface area contributed by atoms with E-state index in [2.05, 4.69) is 10.1 Å². The van der Waals surface area contributed by atoms with Gasteiger partial charge < -0.3 is 5.11 Å². The SMILES string of the molecule is O=[N+]([O-])c1ccc(C2=NN(c3ccccn3)C(O)C2)cc1. The standard InChI is InChI=1S/C14H12N4O3/c19-14-9-12(10-4-6-11(7-5-10)18(20)21)16-17(14)13-3-1-2-8-15-13/h1-8,14,19H,9H2. The van der Waals surface area contributed by atoms with E-state index in [1.54, 1.807) is 30.5 Å². The molecule has 2 aromatic rings. The van der Waals surface area contributed by atoms with E-state index in [9.17, 15) is 15.2 Å². The molecule has 1 aliphatic rings. The van der Waals surface area contributed by atoms with Gasteiger partial charge in [0, 0.05) is 24.8 Å². The van der Waals surface area contributed by atoms with E-state index in [1.807, 2.05) is 6.07 Å². The van der Waals surface area contributed by atoms with Crippen molar-refractivity contribution in [3.05, 3.63) is 64.3 Å². The largest absolute Gasteiger partial charge is 0.371 e. The second kappa shape index (κ2) is 5.29. The molecule has 106 valence electrons. The second-order valence-corrected chi connectivity index (χ2v) is 4.57. The van der Waals surface area contributed by atoms with Gasteiger partial charge >= 0.3 is 0 Å². The molecule has 0 amide bonds. The first-order valence-corrected chi connectivity index (χ1v) is 6.36. The Morgan fingerprint density at radius 3 is 2.62 bits per heavy atom. The summed E-state index contributed by atoms with van der Waals surface area (Å²) >= 11 is 0. The zero-order chi connectivity index (χ0) is 14.8.